The number of ketones is 1. The van der Waals surface area contributed by atoms with Crippen LogP contribution in [0.25, 0.3) is 0 Å². The summed E-state index contributed by atoms with van der Waals surface area (Å²) in [6.45, 7) is 4.79. The van der Waals surface area contributed by atoms with Gasteiger partial charge in [-0.2, -0.15) is 0 Å². The first-order valence-electron chi connectivity index (χ1n) is 11.3. The lowest BCUT2D eigenvalue weighted by Gasteiger charge is -2.37. The van der Waals surface area contributed by atoms with Crippen molar-refractivity contribution in [2.75, 3.05) is 57.9 Å². The Hall–Kier alpha value is -3.01. The molecule has 182 valence electrons. The Morgan fingerprint density at radius 3 is 2.79 bits per heavy atom. The third-order valence-electron chi connectivity index (χ3n) is 6.28. The topological polar surface area (TPSA) is 89.9 Å². The van der Waals surface area contributed by atoms with Crippen molar-refractivity contribution in [3.63, 3.8) is 0 Å². The van der Waals surface area contributed by atoms with Gasteiger partial charge in [-0.3, -0.25) is 9.69 Å². The Labute approximate surface area is 205 Å². The van der Waals surface area contributed by atoms with Crippen molar-refractivity contribution in [1.82, 2.24) is 15.1 Å². The molecular weight excluding hydrogens is 458 g/mol. The predicted octanol–water partition coefficient (Wildman–Crippen LogP) is 1.47. The predicted molar refractivity (Wildman–Crippen MR) is 132 cm³/mol. The highest BCUT2D eigenvalue weighted by atomic mass is 35.5. The van der Waals surface area contributed by atoms with Gasteiger partial charge in [0.05, 0.1) is 25.0 Å². The van der Waals surface area contributed by atoms with Crippen molar-refractivity contribution < 1.29 is 19.4 Å². The first-order valence-corrected chi connectivity index (χ1v) is 11.3. The van der Waals surface area contributed by atoms with Gasteiger partial charge in [-0.1, -0.05) is 12.1 Å². The summed E-state index contributed by atoms with van der Waals surface area (Å²) in [5.41, 5.74) is 2.54. The number of aliphatic imine (C=N–C) groups is 1. The summed E-state index contributed by atoms with van der Waals surface area (Å²) in [5.74, 6) is 2.31. The smallest absolute Gasteiger partial charge is 0.188 e. The van der Waals surface area contributed by atoms with Gasteiger partial charge in [0, 0.05) is 57.6 Å². The lowest BCUT2D eigenvalue weighted by molar-refractivity contribution is -0.115. The molecule has 4 heterocycles. The van der Waals surface area contributed by atoms with E-state index in [0.717, 1.165) is 49.1 Å². The number of methoxy groups -OCH3 is 1. The van der Waals surface area contributed by atoms with Crippen LogP contribution in [0.4, 0.5) is 5.69 Å². The fourth-order valence-corrected chi connectivity index (χ4v) is 4.56. The van der Waals surface area contributed by atoms with E-state index in [1.54, 1.807) is 19.5 Å². The number of benzene rings is 1. The number of nitrogens with one attached hydrogen (secondary N) is 1. The number of fused-ring (bicyclic) bond motifs is 2. The zero-order valence-electron chi connectivity index (χ0n) is 19.1. The van der Waals surface area contributed by atoms with Crippen molar-refractivity contribution in [2.45, 2.75) is 12.5 Å². The molecule has 2 N–H and O–H groups in total. The molecule has 9 nitrogen and oxygen atoms in total. The Kier molecular flexibility index (Phi) is 7.45. The number of anilines is 1. The zero-order valence-corrected chi connectivity index (χ0v) is 20.0. The van der Waals surface area contributed by atoms with Gasteiger partial charge in [0.15, 0.2) is 11.6 Å². The summed E-state index contributed by atoms with van der Waals surface area (Å²) in [6, 6.07) is 8.07. The molecule has 34 heavy (non-hydrogen) atoms. The van der Waals surface area contributed by atoms with Crippen LogP contribution in [0.1, 0.15) is 6.42 Å². The molecule has 1 aromatic carbocycles. The molecule has 1 saturated heterocycles. The number of hydrogen-bond acceptors (Lipinski definition) is 9. The van der Waals surface area contributed by atoms with Crippen molar-refractivity contribution in [3.8, 4) is 5.75 Å². The van der Waals surface area contributed by atoms with Gasteiger partial charge < -0.3 is 29.7 Å². The lowest BCUT2D eigenvalue weighted by atomic mass is 10.1. The average Bonchev–Trinajstić information content (AvgIpc) is 3.27. The Morgan fingerprint density at radius 1 is 1.21 bits per heavy atom. The monoisotopic (exact) mass is 487 g/mol. The number of allylic oxidation sites excluding steroid dienone is 2. The number of para-hydroxylation sites is 2. The number of piperazine rings is 1. The fourth-order valence-electron chi connectivity index (χ4n) is 4.56. The number of aliphatic hydroxyl groups is 1. The molecule has 1 unspecified atom stereocenters. The second kappa shape index (κ2) is 10.5. The largest absolute Gasteiger partial charge is 0.495 e. The van der Waals surface area contributed by atoms with Crippen LogP contribution in [0.3, 0.4) is 0 Å². The minimum absolute atomic E-state index is 0. The summed E-state index contributed by atoms with van der Waals surface area (Å²) in [4.78, 5) is 23.0. The summed E-state index contributed by atoms with van der Waals surface area (Å²) in [5, 5.41) is 13.6. The molecule has 0 amide bonds. The summed E-state index contributed by atoms with van der Waals surface area (Å²) < 4.78 is 11.4. The van der Waals surface area contributed by atoms with Gasteiger partial charge >= 0.3 is 0 Å². The number of carbonyl (C=O) groups excluding carboxylic acids is 1. The molecule has 1 aromatic rings. The molecule has 0 aliphatic carbocycles. The summed E-state index contributed by atoms with van der Waals surface area (Å²) in [7, 11) is 1.70. The minimum atomic E-state index is -0.586. The van der Waals surface area contributed by atoms with E-state index in [2.05, 4.69) is 26.2 Å². The summed E-state index contributed by atoms with van der Waals surface area (Å²) in [6.07, 6.45) is 5.09. The van der Waals surface area contributed by atoms with Gasteiger partial charge in [0.1, 0.15) is 29.9 Å². The molecule has 5 rings (SSSR count). The van der Waals surface area contributed by atoms with Gasteiger partial charge in [-0.15, -0.1) is 12.4 Å². The van der Waals surface area contributed by atoms with E-state index in [9.17, 15) is 9.90 Å². The molecular formula is C24H30ClN5O4. The standard InChI is InChI=1S/C24H29N5O4.ClH/c1-32-22-5-3-2-4-20(22)28-10-8-27(9-11-28)14-18(30)16-33-19-12-17-13-26-23-21(31)6-7-25-24(23)29(17)15-19;/h2-5,7,12-13,18,26,30H,6,8-11,14-16H2,1H3;1H. The molecule has 1 atom stereocenters. The molecule has 0 aromatic heterocycles. The number of nitrogens with zero attached hydrogens (tertiary/aromatic N) is 4. The quantitative estimate of drug-likeness (QED) is 0.597. The molecule has 4 aliphatic rings. The summed E-state index contributed by atoms with van der Waals surface area (Å²) >= 11 is 0. The number of Topliss-reactive ketones (excluding diaryl/α,β-unsaturated/α-hetero) is 1. The van der Waals surface area contributed by atoms with Gasteiger partial charge in [0.25, 0.3) is 0 Å². The van der Waals surface area contributed by atoms with Crippen LogP contribution in [0.15, 0.2) is 64.5 Å². The van der Waals surface area contributed by atoms with Crippen LogP contribution in [0.5, 0.6) is 5.75 Å². The minimum Gasteiger partial charge on any atom is -0.495 e. The Balaban J connectivity index is 0.00000274. The molecule has 0 radical (unpaired) electrons. The third-order valence-corrected chi connectivity index (χ3v) is 6.28. The third kappa shape index (κ3) is 4.91. The second-order valence-corrected chi connectivity index (χ2v) is 8.47. The first-order chi connectivity index (χ1) is 16.1. The lowest BCUT2D eigenvalue weighted by Crippen LogP contribution is -2.49. The van der Waals surface area contributed by atoms with Crippen molar-refractivity contribution in [2.24, 2.45) is 4.99 Å². The number of β-amino-alcohol motifs (C(OH)–C–C–N with tert-alkyl or cyclic N) is 1. The van der Waals surface area contributed by atoms with E-state index in [0.29, 0.717) is 31.0 Å². The van der Waals surface area contributed by atoms with Crippen LogP contribution in [0.2, 0.25) is 0 Å². The molecule has 0 spiro atoms. The Morgan fingerprint density at radius 2 is 2.00 bits per heavy atom. The number of hydrogen-bond donors (Lipinski definition) is 2. The van der Waals surface area contributed by atoms with Crippen LogP contribution < -0.4 is 15.0 Å². The van der Waals surface area contributed by atoms with Crippen molar-refractivity contribution >= 4 is 30.1 Å². The van der Waals surface area contributed by atoms with E-state index < -0.39 is 6.10 Å². The van der Waals surface area contributed by atoms with E-state index >= 15 is 0 Å². The highest BCUT2D eigenvalue weighted by Crippen LogP contribution is 2.31. The number of rotatable bonds is 7. The molecule has 10 heteroatoms. The molecule has 4 aliphatic heterocycles. The van der Waals surface area contributed by atoms with Gasteiger partial charge in [-0.25, -0.2) is 4.99 Å². The number of aliphatic hydroxyl groups excluding tert-OH is 1. The van der Waals surface area contributed by atoms with Crippen LogP contribution in [-0.2, 0) is 9.53 Å². The van der Waals surface area contributed by atoms with Gasteiger partial charge in [-0.05, 0) is 12.1 Å². The van der Waals surface area contributed by atoms with E-state index in [4.69, 9.17) is 9.47 Å². The maximum atomic E-state index is 12.1. The maximum Gasteiger partial charge on any atom is 0.188 e. The molecule has 1 fully saturated rings. The number of ether oxygens (including phenoxy) is 2. The highest BCUT2D eigenvalue weighted by Gasteiger charge is 2.32. The molecule has 0 bridgehead atoms. The fraction of sp³-hybridized carbons (Fsp3) is 0.417. The maximum absolute atomic E-state index is 12.1. The van der Waals surface area contributed by atoms with Crippen molar-refractivity contribution in [1.29, 1.82) is 0 Å². The second-order valence-electron chi connectivity index (χ2n) is 8.47. The number of halogens is 1. The zero-order chi connectivity index (χ0) is 22.8. The van der Waals surface area contributed by atoms with Crippen LogP contribution in [-0.4, -0.2) is 86.0 Å². The van der Waals surface area contributed by atoms with E-state index in [-0.39, 0.29) is 24.8 Å². The van der Waals surface area contributed by atoms with E-state index in [1.807, 2.05) is 29.2 Å². The van der Waals surface area contributed by atoms with E-state index in [1.165, 1.54) is 0 Å². The first kappa shape index (κ1) is 24.1. The normalized spacial score (nSPS) is 20.6. The van der Waals surface area contributed by atoms with Crippen LogP contribution >= 0.6 is 12.4 Å². The van der Waals surface area contributed by atoms with Crippen LogP contribution in [0, 0.1) is 0 Å². The molecule has 0 saturated carbocycles. The SMILES string of the molecule is COc1ccccc1N1CCN(CC(O)COC2=CC3=CNC4=C(N=CCC4=O)N3C2)CC1.Cl. The highest BCUT2D eigenvalue weighted by molar-refractivity contribution is 6.05. The number of carbonyl (C=O) groups is 1. The van der Waals surface area contributed by atoms with Crippen molar-refractivity contribution in [3.05, 3.63) is 59.5 Å². The Bertz CT molecular complexity index is 1050. The average molecular weight is 488 g/mol. The van der Waals surface area contributed by atoms with Gasteiger partial charge in [0.2, 0.25) is 0 Å².